The van der Waals surface area contributed by atoms with Gasteiger partial charge in [-0.1, -0.05) is 30.3 Å². The van der Waals surface area contributed by atoms with Crippen LogP contribution >= 0.6 is 0 Å². The van der Waals surface area contributed by atoms with Gasteiger partial charge in [0.2, 0.25) is 11.8 Å². The summed E-state index contributed by atoms with van der Waals surface area (Å²) in [4.78, 5) is 29.5. The lowest BCUT2D eigenvalue weighted by atomic mass is 9.94. The number of nitrogens with one attached hydrogen (secondary N) is 1. The van der Waals surface area contributed by atoms with Crippen molar-refractivity contribution in [3.05, 3.63) is 65.6 Å². The second-order valence-corrected chi connectivity index (χ2v) is 5.98. The average molecular weight is 322 g/mol. The Morgan fingerprint density at radius 2 is 1.79 bits per heavy atom. The number of carbonyl (C=O) groups excluding carboxylic acids is 2. The standard InChI is InChI=1S/C19H15FN2O2/c1-11-18(12-6-2-4-8-15(12)21-11)13-10-17(23)22(19(13)24)16-9-5-3-7-14(16)20/h2-9,13,21H,10H2,1H3. The first kappa shape index (κ1) is 14.6. The number of aromatic amines is 1. The molecule has 1 unspecified atom stereocenters. The summed E-state index contributed by atoms with van der Waals surface area (Å²) in [5.74, 6) is -1.92. The topological polar surface area (TPSA) is 53.2 Å². The van der Waals surface area contributed by atoms with E-state index in [0.717, 1.165) is 27.1 Å². The summed E-state index contributed by atoms with van der Waals surface area (Å²) in [6.07, 6.45) is 0.0514. The van der Waals surface area contributed by atoms with Crippen molar-refractivity contribution >= 4 is 28.4 Å². The zero-order valence-corrected chi connectivity index (χ0v) is 13.0. The number of imide groups is 1. The quantitative estimate of drug-likeness (QED) is 0.732. The molecule has 1 saturated heterocycles. The lowest BCUT2D eigenvalue weighted by molar-refractivity contribution is -0.121. The van der Waals surface area contributed by atoms with E-state index in [1.54, 1.807) is 6.07 Å². The van der Waals surface area contributed by atoms with Gasteiger partial charge in [-0.05, 0) is 30.7 Å². The highest BCUT2D eigenvalue weighted by Crippen LogP contribution is 2.38. The van der Waals surface area contributed by atoms with Gasteiger partial charge in [0.1, 0.15) is 5.82 Å². The number of para-hydroxylation sites is 2. The summed E-state index contributed by atoms with van der Waals surface area (Å²) in [6.45, 7) is 1.89. The Balaban J connectivity index is 1.81. The number of aryl methyl sites for hydroxylation is 1. The maximum absolute atomic E-state index is 14.0. The van der Waals surface area contributed by atoms with Crippen LogP contribution in [0.3, 0.4) is 0 Å². The molecule has 2 heterocycles. The third kappa shape index (κ3) is 2.05. The summed E-state index contributed by atoms with van der Waals surface area (Å²) >= 11 is 0. The first-order valence-electron chi connectivity index (χ1n) is 7.76. The Hall–Kier alpha value is -2.95. The zero-order chi connectivity index (χ0) is 16.8. The Morgan fingerprint density at radius 1 is 1.08 bits per heavy atom. The molecule has 120 valence electrons. The molecule has 1 fully saturated rings. The van der Waals surface area contributed by atoms with E-state index in [1.165, 1.54) is 18.2 Å². The molecule has 4 rings (SSSR count). The summed E-state index contributed by atoms with van der Waals surface area (Å²) in [5.41, 5.74) is 2.63. The molecule has 2 amide bonds. The minimum Gasteiger partial charge on any atom is -0.358 e. The van der Waals surface area contributed by atoms with Gasteiger partial charge in [-0.3, -0.25) is 9.59 Å². The van der Waals surface area contributed by atoms with Gasteiger partial charge in [0.05, 0.1) is 11.6 Å². The minimum atomic E-state index is -0.590. The van der Waals surface area contributed by atoms with Crippen LogP contribution in [-0.2, 0) is 9.59 Å². The minimum absolute atomic E-state index is 0.0208. The highest BCUT2D eigenvalue weighted by atomic mass is 19.1. The molecule has 0 radical (unpaired) electrons. The highest BCUT2D eigenvalue weighted by Gasteiger charge is 2.42. The van der Waals surface area contributed by atoms with Crippen LogP contribution in [0, 0.1) is 12.7 Å². The first-order valence-corrected chi connectivity index (χ1v) is 7.76. The predicted octanol–water partition coefficient (Wildman–Crippen LogP) is 3.66. The normalized spacial score (nSPS) is 17.9. The number of anilines is 1. The molecule has 1 aromatic heterocycles. The molecule has 3 aromatic rings. The smallest absolute Gasteiger partial charge is 0.242 e. The molecule has 4 nitrogen and oxygen atoms in total. The van der Waals surface area contributed by atoms with Crippen molar-refractivity contribution in [3.63, 3.8) is 0 Å². The molecule has 0 aliphatic carbocycles. The van der Waals surface area contributed by atoms with Crippen molar-refractivity contribution in [3.8, 4) is 0 Å². The number of fused-ring (bicyclic) bond motifs is 1. The largest absolute Gasteiger partial charge is 0.358 e. The Bertz CT molecular complexity index is 976. The van der Waals surface area contributed by atoms with Crippen LogP contribution in [0.5, 0.6) is 0 Å². The van der Waals surface area contributed by atoms with Crippen molar-refractivity contribution in [1.29, 1.82) is 0 Å². The van der Waals surface area contributed by atoms with E-state index in [9.17, 15) is 14.0 Å². The van der Waals surface area contributed by atoms with Gasteiger partial charge in [-0.2, -0.15) is 0 Å². The van der Waals surface area contributed by atoms with E-state index in [1.807, 2.05) is 31.2 Å². The molecule has 1 aliphatic rings. The third-order valence-corrected chi connectivity index (χ3v) is 4.53. The molecule has 0 spiro atoms. The van der Waals surface area contributed by atoms with Crippen LogP contribution in [0.15, 0.2) is 48.5 Å². The first-order chi connectivity index (χ1) is 11.6. The maximum atomic E-state index is 14.0. The van der Waals surface area contributed by atoms with E-state index in [2.05, 4.69) is 4.98 Å². The third-order valence-electron chi connectivity index (χ3n) is 4.53. The second kappa shape index (κ2) is 5.30. The highest BCUT2D eigenvalue weighted by molar-refractivity contribution is 6.23. The van der Waals surface area contributed by atoms with Crippen LogP contribution in [0.2, 0.25) is 0 Å². The number of halogens is 1. The van der Waals surface area contributed by atoms with Crippen molar-refractivity contribution in [1.82, 2.24) is 4.98 Å². The number of nitrogens with zero attached hydrogens (tertiary/aromatic N) is 1. The summed E-state index contributed by atoms with van der Waals surface area (Å²) < 4.78 is 14.0. The van der Waals surface area contributed by atoms with Crippen molar-refractivity contribution in [2.45, 2.75) is 19.3 Å². The SMILES string of the molecule is Cc1[nH]c2ccccc2c1C1CC(=O)N(c2ccccc2F)C1=O. The van der Waals surface area contributed by atoms with Gasteiger partial charge in [0, 0.05) is 23.0 Å². The Morgan fingerprint density at radius 3 is 2.58 bits per heavy atom. The van der Waals surface area contributed by atoms with Crippen LogP contribution in [0.4, 0.5) is 10.1 Å². The molecule has 1 atom stereocenters. The second-order valence-electron chi connectivity index (χ2n) is 5.98. The van der Waals surface area contributed by atoms with Gasteiger partial charge in [0.15, 0.2) is 0 Å². The lowest BCUT2D eigenvalue weighted by Gasteiger charge is -2.16. The summed E-state index contributed by atoms with van der Waals surface area (Å²) in [5, 5.41) is 0.927. The van der Waals surface area contributed by atoms with Crippen molar-refractivity contribution < 1.29 is 14.0 Å². The number of H-pyrrole nitrogens is 1. The molecule has 0 saturated carbocycles. The summed E-state index contributed by atoms with van der Waals surface area (Å²) in [7, 11) is 0. The fraction of sp³-hybridized carbons (Fsp3) is 0.158. The molecule has 24 heavy (non-hydrogen) atoms. The van der Waals surface area contributed by atoms with Gasteiger partial charge < -0.3 is 4.98 Å². The molecule has 1 N–H and O–H groups in total. The number of aromatic nitrogens is 1. The molecule has 2 aromatic carbocycles. The number of benzene rings is 2. The molecule has 0 bridgehead atoms. The van der Waals surface area contributed by atoms with Crippen LogP contribution in [0.1, 0.15) is 23.6 Å². The van der Waals surface area contributed by atoms with Crippen molar-refractivity contribution in [2.24, 2.45) is 0 Å². The van der Waals surface area contributed by atoms with Gasteiger partial charge in [-0.15, -0.1) is 0 Å². The Labute approximate surface area is 137 Å². The van der Waals surface area contributed by atoms with E-state index in [-0.39, 0.29) is 23.9 Å². The molecule has 1 aliphatic heterocycles. The zero-order valence-electron chi connectivity index (χ0n) is 13.0. The van der Waals surface area contributed by atoms with E-state index in [0.29, 0.717) is 0 Å². The average Bonchev–Trinajstić information content (AvgIpc) is 3.04. The fourth-order valence-electron chi connectivity index (χ4n) is 3.49. The van der Waals surface area contributed by atoms with E-state index in [4.69, 9.17) is 0 Å². The number of rotatable bonds is 2. The van der Waals surface area contributed by atoms with Crippen LogP contribution < -0.4 is 4.90 Å². The van der Waals surface area contributed by atoms with E-state index < -0.39 is 11.7 Å². The monoisotopic (exact) mass is 322 g/mol. The van der Waals surface area contributed by atoms with Crippen LogP contribution in [0.25, 0.3) is 10.9 Å². The van der Waals surface area contributed by atoms with Crippen molar-refractivity contribution in [2.75, 3.05) is 4.90 Å². The summed E-state index contributed by atoms with van der Waals surface area (Å²) in [6, 6.07) is 13.5. The molecule has 5 heteroatoms. The van der Waals surface area contributed by atoms with Gasteiger partial charge >= 0.3 is 0 Å². The van der Waals surface area contributed by atoms with E-state index >= 15 is 0 Å². The predicted molar refractivity (Wildman–Crippen MR) is 89.3 cm³/mol. The number of amides is 2. The fourth-order valence-corrected chi connectivity index (χ4v) is 3.49. The van der Waals surface area contributed by atoms with Gasteiger partial charge in [-0.25, -0.2) is 9.29 Å². The molecular weight excluding hydrogens is 307 g/mol. The number of hydrogen-bond acceptors (Lipinski definition) is 2. The Kier molecular flexibility index (Phi) is 3.23. The van der Waals surface area contributed by atoms with Crippen LogP contribution in [-0.4, -0.2) is 16.8 Å². The van der Waals surface area contributed by atoms with Gasteiger partial charge in [0.25, 0.3) is 0 Å². The number of hydrogen-bond donors (Lipinski definition) is 1. The lowest BCUT2D eigenvalue weighted by Crippen LogP contribution is -2.30. The number of carbonyl (C=O) groups is 2. The maximum Gasteiger partial charge on any atom is 0.242 e. The molecular formula is C19H15FN2O2.